The molecule has 0 fully saturated rings. The van der Waals surface area contributed by atoms with Crippen LogP contribution in [0.3, 0.4) is 0 Å². The second-order valence-electron chi connectivity index (χ2n) is 5.63. The maximum absolute atomic E-state index is 13.8. The molecule has 0 bridgehead atoms. The van der Waals surface area contributed by atoms with Crippen LogP contribution in [0.4, 0.5) is 15.8 Å². The second kappa shape index (κ2) is 7.66. The first-order valence-electron chi connectivity index (χ1n) is 8.53. The molecule has 26 heavy (non-hydrogen) atoms. The molecule has 1 aromatic carbocycles. The van der Waals surface area contributed by atoms with Gasteiger partial charge >= 0.3 is 0 Å². The third-order valence-corrected chi connectivity index (χ3v) is 5.06. The fraction of sp³-hybridized carbons (Fsp3) is 0.200. The van der Waals surface area contributed by atoms with E-state index in [1.54, 1.807) is 40.5 Å². The van der Waals surface area contributed by atoms with Gasteiger partial charge in [-0.25, -0.2) is 4.39 Å². The lowest BCUT2D eigenvalue weighted by molar-refractivity contribution is 0.0987. The Balaban J connectivity index is 0.000000948. The molecule has 134 valence electrons. The third kappa shape index (κ3) is 3.32. The molecular formula is C20H20FN3OS. The number of halogens is 1. The minimum Gasteiger partial charge on any atom is -0.399 e. The maximum Gasteiger partial charge on any atom is 0.258 e. The summed E-state index contributed by atoms with van der Waals surface area (Å²) >= 11 is 1.56. The van der Waals surface area contributed by atoms with Gasteiger partial charge in [-0.2, -0.15) is 0 Å². The third-order valence-electron chi connectivity index (χ3n) is 4.09. The number of anilines is 2. The Kier molecular flexibility index (Phi) is 5.32. The van der Waals surface area contributed by atoms with Gasteiger partial charge in [-0.05, 0) is 47.7 Å². The highest BCUT2D eigenvalue weighted by atomic mass is 32.1. The van der Waals surface area contributed by atoms with Crippen molar-refractivity contribution in [1.29, 1.82) is 0 Å². The van der Waals surface area contributed by atoms with E-state index in [-0.39, 0.29) is 5.91 Å². The average molecular weight is 369 g/mol. The molecule has 2 N–H and O–H groups in total. The number of nitrogens with zero attached hydrogens (tertiary/aromatic N) is 2. The summed E-state index contributed by atoms with van der Waals surface area (Å²) < 4.78 is 13.8. The Labute approximate surface area is 156 Å². The van der Waals surface area contributed by atoms with Gasteiger partial charge < -0.3 is 10.6 Å². The summed E-state index contributed by atoms with van der Waals surface area (Å²) in [6.07, 6.45) is 1.90. The number of thiophene rings is 1. The Hall–Kier alpha value is -2.73. The number of carbonyl (C=O) groups is 1. The highest BCUT2D eigenvalue weighted by Gasteiger charge is 2.27. The van der Waals surface area contributed by atoms with Gasteiger partial charge in [0, 0.05) is 23.9 Å². The summed E-state index contributed by atoms with van der Waals surface area (Å²) in [4.78, 5) is 19.8. The van der Waals surface area contributed by atoms with Crippen molar-refractivity contribution >= 4 is 28.6 Å². The van der Waals surface area contributed by atoms with Crippen LogP contribution in [0.2, 0.25) is 0 Å². The highest BCUT2D eigenvalue weighted by Crippen LogP contribution is 2.39. The van der Waals surface area contributed by atoms with Crippen molar-refractivity contribution in [3.8, 4) is 10.6 Å². The number of amides is 1. The monoisotopic (exact) mass is 369 g/mol. The quantitative estimate of drug-likeness (QED) is 0.629. The molecule has 1 amide bonds. The number of hydrogen-bond acceptors (Lipinski definition) is 4. The van der Waals surface area contributed by atoms with E-state index in [9.17, 15) is 9.18 Å². The molecule has 1 aliphatic heterocycles. The molecule has 0 spiro atoms. The number of hydrogen-bond donors (Lipinski definition) is 1. The number of benzene rings is 1. The summed E-state index contributed by atoms with van der Waals surface area (Å²) in [6.45, 7) is 4.48. The summed E-state index contributed by atoms with van der Waals surface area (Å²) in [5.74, 6) is -0.636. The predicted octanol–water partition coefficient (Wildman–Crippen LogP) is 4.76. The summed E-state index contributed by atoms with van der Waals surface area (Å²) in [7, 11) is 0. The number of carbonyl (C=O) groups excluding carboxylic acids is 1. The number of fused-ring (bicyclic) bond motifs is 3. The van der Waals surface area contributed by atoms with Gasteiger partial charge in [0.15, 0.2) is 0 Å². The molecule has 0 atom stereocenters. The van der Waals surface area contributed by atoms with Crippen LogP contribution < -0.4 is 10.6 Å². The molecule has 3 heterocycles. The van der Waals surface area contributed by atoms with Crippen LogP contribution in [-0.4, -0.2) is 17.4 Å². The molecule has 4 nitrogen and oxygen atoms in total. The number of aromatic nitrogens is 1. The summed E-state index contributed by atoms with van der Waals surface area (Å²) in [6, 6.07) is 10.2. The van der Waals surface area contributed by atoms with E-state index in [1.165, 1.54) is 12.3 Å². The minimum atomic E-state index is -0.455. The maximum atomic E-state index is 13.8. The topological polar surface area (TPSA) is 59.2 Å². The van der Waals surface area contributed by atoms with Crippen molar-refractivity contribution in [3.63, 3.8) is 0 Å². The van der Waals surface area contributed by atoms with E-state index >= 15 is 0 Å². The van der Waals surface area contributed by atoms with E-state index < -0.39 is 5.82 Å². The van der Waals surface area contributed by atoms with Gasteiger partial charge in [-0.15, -0.1) is 11.3 Å². The van der Waals surface area contributed by atoms with Crippen LogP contribution in [0.15, 0.2) is 48.0 Å². The van der Waals surface area contributed by atoms with E-state index in [0.717, 1.165) is 10.4 Å². The highest BCUT2D eigenvalue weighted by molar-refractivity contribution is 7.13. The van der Waals surface area contributed by atoms with E-state index in [2.05, 4.69) is 4.98 Å². The van der Waals surface area contributed by atoms with Crippen molar-refractivity contribution in [2.24, 2.45) is 0 Å². The molecule has 2 aromatic heterocycles. The van der Waals surface area contributed by atoms with E-state index in [1.807, 2.05) is 25.3 Å². The Bertz CT molecular complexity index is 921. The van der Waals surface area contributed by atoms with Gasteiger partial charge in [0.05, 0.1) is 16.8 Å². The molecule has 0 unspecified atom stereocenters. The fourth-order valence-corrected chi connectivity index (χ4v) is 3.85. The van der Waals surface area contributed by atoms with Crippen LogP contribution in [0.25, 0.3) is 10.6 Å². The normalized spacial score (nSPS) is 12.3. The van der Waals surface area contributed by atoms with Crippen molar-refractivity contribution in [2.75, 3.05) is 17.2 Å². The van der Waals surface area contributed by atoms with Gasteiger partial charge in [0.2, 0.25) is 0 Å². The second-order valence-corrected chi connectivity index (χ2v) is 6.54. The number of nitrogen functional groups attached to an aromatic ring is 1. The first-order valence-corrected chi connectivity index (χ1v) is 9.41. The zero-order valence-corrected chi connectivity index (χ0v) is 15.5. The van der Waals surface area contributed by atoms with Gasteiger partial charge in [-0.3, -0.25) is 9.78 Å². The number of pyridine rings is 1. The summed E-state index contributed by atoms with van der Waals surface area (Å²) in [5, 5.41) is 2.00. The number of rotatable bonds is 1. The van der Waals surface area contributed by atoms with Crippen molar-refractivity contribution in [1.82, 2.24) is 4.98 Å². The Morgan fingerprint density at radius 2 is 1.96 bits per heavy atom. The van der Waals surface area contributed by atoms with Crippen molar-refractivity contribution < 1.29 is 9.18 Å². The van der Waals surface area contributed by atoms with Crippen LogP contribution in [0, 0.1) is 5.82 Å². The Morgan fingerprint density at radius 1 is 1.23 bits per heavy atom. The van der Waals surface area contributed by atoms with E-state index in [4.69, 9.17) is 5.73 Å². The van der Waals surface area contributed by atoms with Crippen LogP contribution in [0.1, 0.15) is 29.8 Å². The van der Waals surface area contributed by atoms with Gasteiger partial charge in [0.25, 0.3) is 5.91 Å². The predicted molar refractivity (Wildman–Crippen MR) is 105 cm³/mol. The lowest BCUT2D eigenvalue weighted by Gasteiger charge is -2.22. The zero-order chi connectivity index (χ0) is 18.7. The van der Waals surface area contributed by atoms with Crippen molar-refractivity contribution in [3.05, 3.63) is 64.9 Å². The van der Waals surface area contributed by atoms with E-state index in [0.29, 0.717) is 35.6 Å². The summed E-state index contributed by atoms with van der Waals surface area (Å²) in [5.41, 5.74) is 9.10. The molecule has 0 saturated heterocycles. The lowest BCUT2D eigenvalue weighted by Crippen LogP contribution is -2.32. The first kappa shape index (κ1) is 18.1. The van der Waals surface area contributed by atoms with Crippen LogP contribution in [0.5, 0.6) is 0 Å². The molecule has 1 aliphatic rings. The van der Waals surface area contributed by atoms with Gasteiger partial charge in [0.1, 0.15) is 11.5 Å². The zero-order valence-electron chi connectivity index (χ0n) is 14.7. The minimum absolute atomic E-state index is 0.182. The standard InChI is InChI=1S/C18H14FN3OS.C2H6/c19-13-9-15-16(21-10-13)17-11(6-8-24-17)5-7-22(15)18(23)12-1-3-14(20)4-2-12;1-2/h1-4,6,8-10H,5,7,20H2;1-2H3. The molecular weight excluding hydrogens is 349 g/mol. The SMILES string of the molecule is CC.Nc1ccc(C(=O)N2CCc3ccsc3-c3ncc(F)cc32)cc1. The van der Waals surface area contributed by atoms with Gasteiger partial charge in [-0.1, -0.05) is 13.8 Å². The molecule has 3 aromatic rings. The lowest BCUT2D eigenvalue weighted by atomic mass is 10.1. The molecule has 6 heteroatoms. The number of nitrogens with two attached hydrogens (primary N) is 1. The Morgan fingerprint density at radius 3 is 2.69 bits per heavy atom. The van der Waals surface area contributed by atoms with Crippen LogP contribution in [-0.2, 0) is 6.42 Å². The smallest absolute Gasteiger partial charge is 0.258 e. The molecule has 0 radical (unpaired) electrons. The largest absolute Gasteiger partial charge is 0.399 e. The molecule has 4 rings (SSSR count). The van der Waals surface area contributed by atoms with Crippen molar-refractivity contribution in [2.45, 2.75) is 20.3 Å². The van der Waals surface area contributed by atoms with Crippen LogP contribution >= 0.6 is 11.3 Å². The molecule has 0 saturated carbocycles. The fourth-order valence-electron chi connectivity index (χ4n) is 2.89. The average Bonchev–Trinajstić information content (AvgIpc) is 3.07. The first-order chi connectivity index (χ1) is 12.6. The molecule has 0 aliphatic carbocycles.